The lowest BCUT2D eigenvalue weighted by Crippen LogP contribution is -2.19. The fourth-order valence-corrected chi connectivity index (χ4v) is 0.614. The van der Waals surface area contributed by atoms with Gasteiger partial charge in [0.25, 0.3) is 0 Å². The van der Waals surface area contributed by atoms with Gasteiger partial charge in [-0.2, -0.15) is 0 Å². The summed E-state index contributed by atoms with van der Waals surface area (Å²) < 4.78 is 9.37. The Morgan fingerprint density at radius 2 is 2.00 bits per heavy atom. The number of ketones is 1. The summed E-state index contributed by atoms with van der Waals surface area (Å²) >= 11 is 0. The van der Waals surface area contributed by atoms with Gasteiger partial charge in [0.05, 0.1) is 12.7 Å². The summed E-state index contributed by atoms with van der Waals surface area (Å²) in [4.78, 5) is 21.9. The SMILES string of the molecule is COCCC#CC(=O)C(=O)OC(C)C. The number of methoxy groups -OCH3 is 1. The maximum absolute atomic E-state index is 11.0. The zero-order chi connectivity index (χ0) is 11.0. The number of carbonyl (C=O) groups is 2. The molecule has 0 N–H and O–H groups in total. The van der Waals surface area contributed by atoms with Gasteiger partial charge in [0, 0.05) is 13.5 Å². The van der Waals surface area contributed by atoms with Crippen LogP contribution < -0.4 is 0 Å². The highest BCUT2D eigenvalue weighted by Crippen LogP contribution is 1.89. The van der Waals surface area contributed by atoms with Crippen molar-refractivity contribution in [3.63, 3.8) is 0 Å². The molecule has 0 bridgehead atoms. The minimum Gasteiger partial charge on any atom is -0.456 e. The first-order valence-corrected chi connectivity index (χ1v) is 4.30. The molecule has 0 unspecified atom stereocenters. The first-order valence-electron chi connectivity index (χ1n) is 4.30. The Bertz CT molecular complexity index is 257. The van der Waals surface area contributed by atoms with Crippen LogP contribution >= 0.6 is 0 Å². The molecule has 0 aliphatic heterocycles. The third-order valence-corrected chi connectivity index (χ3v) is 1.16. The number of esters is 1. The Kier molecular flexibility index (Phi) is 6.42. The molecule has 4 heteroatoms. The average Bonchev–Trinajstić information content (AvgIpc) is 2.11. The topological polar surface area (TPSA) is 52.6 Å². The van der Waals surface area contributed by atoms with E-state index in [-0.39, 0.29) is 6.10 Å². The number of Topliss-reactive ketones (excluding diaryl/α,β-unsaturated/α-hetero) is 1. The molecular weight excluding hydrogens is 184 g/mol. The molecule has 0 radical (unpaired) electrons. The Balaban J connectivity index is 3.93. The van der Waals surface area contributed by atoms with Gasteiger partial charge < -0.3 is 9.47 Å². The zero-order valence-corrected chi connectivity index (χ0v) is 8.62. The molecular formula is C10H14O4. The molecule has 0 aromatic rings. The molecule has 0 aromatic heterocycles. The van der Waals surface area contributed by atoms with Crippen LogP contribution in [0.2, 0.25) is 0 Å². The molecule has 0 aliphatic carbocycles. The molecule has 0 atom stereocenters. The van der Waals surface area contributed by atoms with Gasteiger partial charge in [-0.05, 0) is 19.8 Å². The third-order valence-electron chi connectivity index (χ3n) is 1.16. The van der Waals surface area contributed by atoms with Crippen LogP contribution in [-0.2, 0) is 19.1 Å². The van der Waals surface area contributed by atoms with Crippen molar-refractivity contribution in [2.45, 2.75) is 26.4 Å². The quantitative estimate of drug-likeness (QED) is 0.217. The summed E-state index contributed by atoms with van der Waals surface area (Å²) in [7, 11) is 1.54. The van der Waals surface area contributed by atoms with E-state index in [1.54, 1.807) is 13.8 Å². The minimum atomic E-state index is -0.898. The van der Waals surface area contributed by atoms with Gasteiger partial charge in [0.15, 0.2) is 0 Å². The normalized spacial score (nSPS) is 9.14. The number of hydrogen-bond donors (Lipinski definition) is 0. The highest BCUT2D eigenvalue weighted by atomic mass is 16.5. The fraction of sp³-hybridized carbons (Fsp3) is 0.600. The number of carbonyl (C=O) groups excluding carboxylic acids is 2. The Labute approximate surface area is 83.6 Å². The van der Waals surface area contributed by atoms with E-state index in [4.69, 9.17) is 4.74 Å². The number of ether oxygens (including phenoxy) is 2. The summed E-state index contributed by atoms with van der Waals surface area (Å²) in [6.45, 7) is 3.78. The van der Waals surface area contributed by atoms with Crippen molar-refractivity contribution in [2.24, 2.45) is 0 Å². The average molecular weight is 198 g/mol. The molecule has 0 fully saturated rings. The smallest absolute Gasteiger partial charge is 0.388 e. The largest absolute Gasteiger partial charge is 0.456 e. The van der Waals surface area contributed by atoms with Crippen LogP contribution in [0, 0.1) is 11.8 Å². The lowest BCUT2D eigenvalue weighted by Gasteiger charge is -2.03. The van der Waals surface area contributed by atoms with Crippen molar-refractivity contribution in [1.82, 2.24) is 0 Å². The molecule has 0 saturated heterocycles. The summed E-state index contributed by atoms with van der Waals surface area (Å²) in [6, 6.07) is 0. The fourth-order valence-electron chi connectivity index (χ4n) is 0.614. The van der Waals surface area contributed by atoms with Gasteiger partial charge in [0.1, 0.15) is 0 Å². The first-order chi connectivity index (χ1) is 6.57. The summed E-state index contributed by atoms with van der Waals surface area (Å²) in [6.07, 6.45) is 0.129. The minimum absolute atomic E-state index is 0.299. The second-order valence-corrected chi connectivity index (χ2v) is 2.83. The molecule has 4 nitrogen and oxygen atoms in total. The van der Waals surface area contributed by atoms with E-state index in [1.807, 2.05) is 0 Å². The first kappa shape index (κ1) is 12.7. The maximum Gasteiger partial charge on any atom is 0.388 e. The second-order valence-electron chi connectivity index (χ2n) is 2.83. The Hall–Kier alpha value is -1.34. The molecule has 14 heavy (non-hydrogen) atoms. The van der Waals surface area contributed by atoms with Crippen molar-refractivity contribution >= 4 is 11.8 Å². The molecule has 0 amide bonds. The Morgan fingerprint density at radius 3 is 2.50 bits per heavy atom. The lowest BCUT2D eigenvalue weighted by atomic mass is 10.3. The highest BCUT2D eigenvalue weighted by Gasteiger charge is 2.13. The summed E-state index contributed by atoms with van der Waals surface area (Å²) in [5.74, 6) is 2.99. The van der Waals surface area contributed by atoms with Gasteiger partial charge in [-0.15, -0.1) is 0 Å². The van der Waals surface area contributed by atoms with Crippen LogP contribution in [-0.4, -0.2) is 31.6 Å². The molecule has 0 aromatic carbocycles. The standard InChI is InChI=1S/C10H14O4/c1-8(2)14-10(12)9(11)6-4-5-7-13-3/h8H,5,7H2,1-3H3. The van der Waals surface area contributed by atoms with Crippen molar-refractivity contribution < 1.29 is 19.1 Å². The molecule has 78 valence electrons. The zero-order valence-electron chi connectivity index (χ0n) is 8.62. The summed E-state index contributed by atoms with van der Waals surface area (Å²) in [5, 5.41) is 0. The predicted octanol–water partition coefficient (Wildman–Crippen LogP) is 0.547. The van der Waals surface area contributed by atoms with E-state index in [0.717, 1.165) is 0 Å². The molecule has 0 heterocycles. The molecule has 0 rings (SSSR count). The van der Waals surface area contributed by atoms with Gasteiger partial charge in [0.2, 0.25) is 0 Å². The van der Waals surface area contributed by atoms with Crippen molar-refractivity contribution in [1.29, 1.82) is 0 Å². The highest BCUT2D eigenvalue weighted by molar-refractivity contribution is 6.40. The van der Waals surface area contributed by atoms with Crippen LogP contribution in [0.25, 0.3) is 0 Å². The lowest BCUT2D eigenvalue weighted by molar-refractivity contribution is -0.154. The van der Waals surface area contributed by atoms with E-state index >= 15 is 0 Å². The predicted molar refractivity (Wildman–Crippen MR) is 50.5 cm³/mol. The molecule has 0 saturated carbocycles. The van der Waals surface area contributed by atoms with E-state index in [0.29, 0.717) is 13.0 Å². The van der Waals surface area contributed by atoms with Crippen molar-refractivity contribution in [3.8, 4) is 11.8 Å². The number of hydrogen-bond acceptors (Lipinski definition) is 4. The van der Waals surface area contributed by atoms with Gasteiger partial charge in [-0.1, -0.05) is 5.92 Å². The maximum atomic E-state index is 11.0. The van der Waals surface area contributed by atoms with E-state index in [1.165, 1.54) is 7.11 Å². The van der Waals surface area contributed by atoms with E-state index in [2.05, 4.69) is 16.6 Å². The van der Waals surface area contributed by atoms with Crippen molar-refractivity contribution in [2.75, 3.05) is 13.7 Å². The second kappa shape index (κ2) is 7.10. The molecule has 0 spiro atoms. The van der Waals surface area contributed by atoms with Gasteiger partial charge >= 0.3 is 11.8 Å². The van der Waals surface area contributed by atoms with E-state index < -0.39 is 11.8 Å². The Morgan fingerprint density at radius 1 is 1.36 bits per heavy atom. The van der Waals surface area contributed by atoms with Crippen LogP contribution in [0.1, 0.15) is 20.3 Å². The molecule has 0 aliphatic rings. The van der Waals surface area contributed by atoms with Crippen LogP contribution in [0.3, 0.4) is 0 Å². The monoisotopic (exact) mass is 198 g/mol. The van der Waals surface area contributed by atoms with Crippen LogP contribution in [0.5, 0.6) is 0 Å². The number of rotatable bonds is 4. The van der Waals surface area contributed by atoms with Crippen LogP contribution in [0.4, 0.5) is 0 Å². The van der Waals surface area contributed by atoms with Crippen LogP contribution in [0.15, 0.2) is 0 Å². The van der Waals surface area contributed by atoms with Gasteiger partial charge in [-0.3, -0.25) is 4.79 Å². The van der Waals surface area contributed by atoms with E-state index in [9.17, 15) is 9.59 Å². The third kappa shape index (κ3) is 6.21. The van der Waals surface area contributed by atoms with Gasteiger partial charge in [-0.25, -0.2) is 4.79 Å². The summed E-state index contributed by atoms with van der Waals surface area (Å²) in [5.41, 5.74) is 0. The van der Waals surface area contributed by atoms with Crippen molar-refractivity contribution in [3.05, 3.63) is 0 Å².